The highest BCUT2D eigenvalue weighted by Gasteiger charge is 2.45. The van der Waals surface area contributed by atoms with E-state index < -0.39 is 24.0 Å². The van der Waals surface area contributed by atoms with Crippen LogP contribution in [0.4, 0.5) is 8.78 Å². The Morgan fingerprint density at radius 3 is 2.33 bits per heavy atom. The standard InChI is InChI=1S/C17H13F2IO4/c1-10-7-8-12(9-13(10)20)15(21)24-14(17(18,19)16(22)23)11-5-3-2-4-6-11/h2-9,14H,1H3,(H,22,23)/p-1. The molecule has 2 aromatic carbocycles. The number of aliphatic carboxylic acids is 1. The van der Waals surface area contributed by atoms with Crippen molar-refractivity contribution in [2.45, 2.75) is 19.0 Å². The first-order valence-corrected chi connectivity index (χ1v) is 7.92. The molecule has 2 aromatic rings. The lowest BCUT2D eigenvalue weighted by atomic mass is 10.0. The first-order valence-electron chi connectivity index (χ1n) is 6.85. The molecule has 0 radical (unpaired) electrons. The minimum absolute atomic E-state index is 0.0556. The number of carboxylic acid groups (broad SMARTS) is 1. The van der Waals surface area contributed by atoms with E-state index in [4.69, 9.17) is 4.74 Å². The molecule has 0 N–H and O–H groups in total. The van der Waals surface area contributed by atoms with E-state index in [0.717, 1.165) is 9.13 Å². The molecule has 7 heteroatoms. The number of aryl methyl sites for hydroxylation is 1. The second kappa shape index (κ2) is 7.25. The third kappa shape index (κ3) is 3.89. The number of carbonyl (C=O) groups excluding carboxylic acids is 2. The highest BCUT2D eigenvalue weighted by atomic mass is 127. The first-order chi connectivity index (χ1) is 11.2. The molecule has 4 nitrogen and oxygen atoms in total. The smallest absolute Gasteiger partial charge is 0.339 e. The summed E-state index contributed by atoms with van der Waals surface area (Å²) in [7, 11) is 0. The van der Waals surface area contributed by atoms with Crippen LogP contribution in [-0.2, 0) is 9.53 Å². The zero-order valence-corrected chi connectivity index (χ0v) is 14.6. The Balaban J connectivity index is 2.36. The summed E-state index contributed by atoms with van der Waals surface area (Å²) in [5.41, 5.74) is 0.828. The molecule has 0 saturated carbocycles. The Labute approximate surface area is 150 Å². The molecule has 126 valence electrons. The highest BCUT2D eigenvalue weighted by molar-refractivity contribution is 14.1. The van der Waals surface area contributed by atoms with E-state index in [0.29, 0.717) is 0 Å². The van der Waals surface area contributed by atoms with Crippen LogP contribution in [0.5, 0.6) is 0 Å². The van der Waals surface area contributed by atoms with Crippen molar-refractivity contribution in [1.82, 2.24) is 0 Å². The van der Waals surface area contributed by atoms with E-state index in [-0.39, 0.29) is 11.1 Å². The van der Waals surface area contributed by atoms with Gasteiger partial charge in [0.25, 0.3) is 0 Å². The fourth-order valence-electron chi connectivity index (χ4n) is 1.98. The van der Waals surface area contributed by atoms with Crippen molar-refractivity contribution in [3.05, 3.63) is 68.8 Å². The lowest BCUT2D eigenvalue weighted by molar-refractivity contribution is -0.336. The molecule has 0 bridgehead atoms. The Kier molecular flexibility index (Phi) is 5.53. The fraction of sp³-hybridized carbons (Fsp3) is 0.176. The number of carboxylic acids is 1. The number of carbonyl (C=O) groups is 2. The fourth-order valence-corrected chi connectivity index (χ4v) is 2.50. The monoisotopic (exact) mass is 445 g/mol. The number of hydrogen-bond acceptors (Lipinski definition) is 4. The van der Waals surface area contributed by atoms with E-state index >= 15 is 0 Å². The number of halogens is 3. The summed E-state index contributed by atoms with van der Waals surface area (Å²) < 4.78 is 33.5. The van der Waals surface area contributed by atoms with Crippen LogP contribution in [0, 0.1) is 10.5 Å². The summed E-state index contributed by atoms with van der Waals surface area (Å²) in [6, 6.07) is 11.5. The number of benzene rings is 2. The summed E-state index contributed by atoms with van der Waals surface area (Å²) in [6.45, 7) is 1.83. The van der Waals surface area contributed by atoms with Gasteiger partial charge in [-0.25, -0.2) is 4.79 Å². The Hall–Kier alpha value is -2.03. The third-order valence-corrected chi connectivity index (χ3v) is 4.50. The van der Waals surface area contributed by atoms with Gasteiger partial charge in [0.2, 0.25) is 0 Å². The van der Waals surface area contributed by atoms with Crippen LogP contribution in [0.15, 0.2) is 48.5 Å². The molecular formula is C17H12F2IO4-. The molecule has 0 fully saturated rings. The van der Waals surface area contributed by atoms with Crippen molar-refractivity contribution < 1.29 is 28.2 Å². The van der Waals surface area contributed by atoms with Gasteiger partial charge in [-0.05, 0) is 52.8 Å². The van der Waals surface area contributed by atoms with Crippen LogP contribution >= 0.6 is 22.6 Å². The van der Waals surface area contributed by atoms with Crippen molar-refractivity contribution in [2.75, 3.05) is 0 Å². The van der Waals surface area contributed by atoms with Gasteiger partial charge < -0.3 is 14.6 Å². The maximum atomic E-state index is 14.0. The van der Waals surface area contributed by atoms with Crippen molar-refractivity contribution >= 4 is 34.5 Å². The van der Waals surface area contributed by atoms with E-state index in [1.807, 2.05) is 29.5 Å². The Bertz CT molecular complexity index is 762. The molecule has 2 rings (SSSR count). The largest absolute Gasteiger partial charge is 0.544 e. The average molecular weight is 445 g/mol. The lowest BCUT2D eigenvalue weighted by Gasteiger charge is -2.27. The zero-order valence-electron chi connectivity index (χ0n) is 12.5. The molecular weight excluding hydrogens is 433 g/mol. The van der Waals surface area contributed by atoms with Gasteiger partial charge >= 0.3 is 11.9 Å². The van der Waals surface area contributed by atoms with Crippen LogP contribution in [0.25, 0.3) is 0 Å². The average Bonchev–Trinajstić information content (AvgIpc) is 2.55. The molecule has 0 spiro atoms. The Morgan fingerprint density at radius 1 is 1.17 bits per heavy atom. The van der Waals surface area contributed by atoms with Gasteiger partial charge in [-0.1, -0.05) is 36.4 Å². The van der Waals surface area contributed by atoms with Gasteiger partial charge in [0, 0.05) is 3.57 Å². The van der Waals surface area contributed by atoms with Crippen LogP contribution in [0.1, 0.15) is 27.6 Å². The second-order valence-corrected chi connectivity index (χ2v) is 6.23. The van der Waals surface area contributed by atoms with Gasteiger partial charge in [0.1, 0.15) is 5.97 Å². The molecule has 0 aliphatic carbocycles. The predicted octanol–water partition coefficient (Wildman–Crippen LogP) is 2.88. The molecule has 0 saturated heterocycles. The van der Waals surface area contributed by atoms with Gasteiger partial charge in [-0.2, -0.15) is 8.78 Å². The summed E-state index contributed by atoms with van der Waals surface area (Å²) in [4.78, 5) is 23.0. The van der Waals surface area contributed by atoms with Gasteiger partial charge in [-0.3, -0.25) is 0 Å². The SMILES string of the molecule is Cc1ccc(C(=O)OC(c2ccccc2)C(F)(F)C(=O)[O-])cc1I. The summed E-state index contributed by atoms with van der Waals surface area (Å²) in [6.07, 6.45) is -2.28. The number of alkyl halides is 2. The molecule has 1 unspecified atom stereocenters. The summed E-state index contributed by atoms with van der Waals surface area (Å²) in [5.74, 6) is -8.01. The summed E-state index contributed by atoms with van der Waals surface area (Å²) in [5, 5.41) is 10.8. The number of ether oxygens (including phenoxy) is 1. The quantitative estimate of drug-likeness (QED) is 0.525. The van der Waals surface area contributed by atoms with E-state index in [9.17, 15) is 23.5 Å². The van der Waals surface area contributed by atoms with Crippen molar-refractivity contribution in [3.8, 4) is 0 Å². The van der Waals surface area contributed by atoms with Gasteiger partial charge in [0.05, 0.1) is 5.56 Å². The number of hydrogen-bond donors (Lipinski definition) is 0. The Morgan fingerprint density at radius 2 is 1.79 bits per heavy atom. The molecule has 0 amide bonds. The number of rotatable bonds is 5. The maximum Gasteiger partial charge on any atom is 0.339 e. The van der Waals surface area contributed by atoms with Crippen LogP contribution < -0.4 is 5.11 Å². The topological polar surface area (TPSA) is 66.4 Å². The van der Waals surface area contributed by atoms with Gasteiger partial charge in [0.15, 0.2) is 6.10 Å². The minimum atomic E-state index is -4.37. The van der Waals surface area contributed by atoms with Crippen LogP contribution in [-0.4, -0.2) is 17.9 Å². The predicted molar refractivity (Wildman–Crippen MR) is 88.4 cm³/mol. The third-order valence-electron chi connectivity index (χ3n) is 3.34. The van der Waals surface area contributed by atoms with E-state index in [1.54, 1.807) is 12.1 Å². The highest BCUT2D eigenvalue weighted by Crippen LogP contribution is 2.35. The van der Waals surface area contributed by atoms with E-state index in [2.05, 4.69) is 0 Å². The summed E-state index contributed by atoms with van der Waals surface area (Å²) >= 11 is 2.00. The molecule has 0 aliphatic rings. The van der Waals surface area contributed by atoms with Gasteiger partial charge in [-0.15, -0.1) is 0 Å². The molecule has 24 heavy (non-hydrogen) atoms. The van der Waals surface area contributed by atoms with Crippen molar-refractivity contribution in [2.24, 2.45) is 0 Å². The van der Waals surface area contributed by atoms with Crippen molar-refractivity contribution in [3.63, 3.8) is 0 Å². The first kappa shape index (κ1) is 18.3. The lowest BCUT2D eigenvalue weighted by Crippen LogP contribution is -2.47. The molecule has 0 aliphatic heterocycles. The minimum Gasteiger partial charge on any atom is -0.544 e. The maximum absolute atomic E-state index is 14.0. The number of esters is 1. The zero-order chi connectivity index (χ0) is 17.9. The molecule has 1 atom stereocenters. The van der Waals surface area contributed by atoms with E-state index in [1.165, 1.54) is 36.4 Å². The van der Waals surface area contributed by atoms with Crippen LogP contribution in [0.3, 0.4) is 0 Å². The molecule has 0 heterocycles. The normalized spacial score (nSPS) is 12.5. The second-order valence-electron chi connectivity index (χ2n) is 5.07. The van der Waals surface area contributed by atoms with Crippen molar-refractivity contribution in [1.29, 1.82) is 0 Å². The van der Waals surface area contributed by atoms with Crippen LogP contribution in [0.2, 0.25) is 0 Å². The molecule has 0 aromatic heterocycles.